The van der Waals surface area contributed by atoms with Gasteiger partial charge < -0.3 is 10.6 Å². The molecule has 2 aromatic heterocycles. The Morgan fingerprint density at radius 1 is 1.38 bits per heavy atom. The van der Waals surface area contributed by atoms with Gasteiger partial charge in [-0.1, -0.05) is 0 Å². The predicted octanol–water partition coefficient (Wildman–Crippen LogP) is 2.76. The largest absolute Gasteiger partial charge is 0.382 e. The molecule has 0 bridgehead atoms. The van der Waals surface area contributed by atoms with Gasteiger partial charge in [-0.3, -0.25) is 0 Å². The van der Waals surface area contributed by atoms with Crippen LogP contribution in [0.1, 0.15) is 45.2 Å². The van der Waals surface area contributed by atoms with Gasteiger partial charge in [-0.2, -0.15) is 5.10 Å². The molecule has 0 saturated carbocycles. The van der Waals surface area contributed by atoms with Crippen molar-refractivity contribution in [2.45, 2.75) is 39.5 Å². The first-order chi connectivity index (χ1) is 11.3. The van der Waals surface area contributed by atoms with Gasteiger partial charge in [0.1, 0.15) is 11.8 Å². The van der Waals surface area contributed by atoms with Gasteiger partial charge in [0.2, 0.25) is 0 Å². The van der Waals surface area contributed by atoms with Crippen LogP contribution in [0.25, 0.3) is 5.52 Å². The van der Waals surface area contributed by atoms with Crippen molar-refractivity contribution in [3.05, 3.63) is 22.6 Å². The van der Waals surface area contributed by atoms with Gasteiger partial charge in [-0.25, -0.2) is 14.3 Å². The molecule has 3 rings (SSSR count). The van der Waals surface area contributed by atoms with Crippen LogP contribution in [0, 0.1) is 5.41 Å². The lowest BCUT2D eigenvalue weighted by Gasteiger charge is -2.32. The highest BCUT2D eigenvalue weighted by Crippen LogP contribution is 2.34. The van der Waals surface area contributed by atoms with E-state index < -0.39 is 5.41 Å². The van der Waals surface area contributed by atoms with Crippen LogP contribution < -0.4 is 5.73 Å². The first-order valence-electron chi connectivity index (χ1n) is 8.02. The van der Waals surface area contributed by atoms with Crippen molar-refractivity contribution in [1.29, 1.82) is 0 Å². The number of piperidine rings is 1. The fourth-order valence-corrected chi connectivity index (χ4v) is 3.44. The summed E-state index contributed by atoms with van der Waals surface area (Å²) in [7, 11) is 0. The van der Waals surface area contributed by atoms with Gasteiger partial charge in [-0.15, -0.1) is 5.06 Å². The third kappa shape index (κ3) is 3.25. The Morgan fingerprint density at radius 2 is 2.04 bits per heavy atom. The molecule has 130 valence electrons. The molecule has 0 radical (unpaired) electrons. The lowest BCUT2D eigenvalue weighted by molar-refractivity contribution is -0.204. The monoisotopic (exact) mass is 395 g/mol. The molecular formula is C16H22BrN5O2. The smallest absolute Gasteiger partial charge is 0.330 e. The van der Waals surface area contributed by atoms with Crippen LogP contribution in [-0.4, -0.2) is 38.7 Å². The van der Waals surface area contributed by atoms with Crippen molar-refractivity contribution in [2.75, 3.05) is 18.8 Å². The maximum atomic E-state index is 12.0. The summed E-state index contributed by atoms with van der Waals surface area (Å²) in [6.07, 6.45) is 3.25. The Hall–Kier alpha value is -1.67. The highest BCUT2D eigenvalue weighted by Gasteiger charge is 2.30. The lowest BCUT2D eigenvalue weighted by Crippen LogP contribution is -2.38. The molecule has 1 fully saturated rings. The third-order valence-electron chi connectivity index (χ3n) is 4.26. The second kappa shape index (κ2) is 6.33. The Labute approximate surface area is 149 Å². The summed E-state index contributed by atoms with van der Waals surface area (Å²) in [6, 6.07) is 2.06. The molecule has 2 aromatic rings. The molecule has 24 heavy (non-hydrogen) atoms. The number of hydroxylamine groups is 2. The number of nitrogen functional groups attached to an aromatic ring is 1. The zero-order valence-corrected chi connectivity index (χ0v) is 15.7. The van der Waals surface area contributed by atoms with Crippen molar-refractivity contribution in [3.63, 3.8) is 0 Å². The third-order valence-corrected chi connectivity index (χ3v) is 4.86. The summed E-state index contributed by atoms with van der Waals surface area (Å²) >= 11 is 3.54. The van der Waals surface area contributed by atoms with Gasteiger partial charge >= 0.3 is 5.97 Å². The van der Waals surface area contributed by atoms with Gasteiger partial charge in [0.25, 0.3) is 0 Å². The molecule has 7 nitrogen and oxygen atoms in total. The van der Waals surface area contributed by atoms with Crippen LogP contribution >= 0.6 is 15.9 Å². The van der Waals surface area contributed by atoms with Gasteiger partial charge in [-0.05, 0) is 55.6 Å². The van der Waals surface area contributed by atoms with E-state index in [4.69, 9.17) is 10.6 Å². The zero-order chi connectivity index (χ0) is 17.5. The maximum Gasteiger partial charge on any atom is 0.330 e. The van der Waals surface area contributed by atoms with E-state index in [1.54, 1.807) is 5.06 Å². The minimum Gasteiger partial charge on any atom is -0.382 e. The molecule has 0 aromatic carbocycles. The molecule has 0 spiro atoms. The average molecular weight is 396 g/mol. The molecule has 0 atom stereocenters. The van der Waals surface area contributed by atoms with E-state index in [-0.39, 0.29) is 5.97 Å². The topological polar surface area (TPSA) is 85.8 Å². The minimum absolute atomic E-state index is 0.197. The summed E-state index contributed by atoms with van der Waals surface area (Å²) in [4.78, 5) is 21.5. The van der Waals surface area contributed by atoms with E-state index in [1.807, 2.05) is 25.3 Å². The molecular weight excluding hydrogens is 374 g/mol. The van der Waals surface area contributed by atoms with E-state index in [9.17, 15) is 4.79 Å². The molecule has 1 saturated heterocycles. The number of nitrogens with two attached hydrogens (primary N) is 1. The second-order valence-corrected chi connectivity index (χ2v) is 8.01. The minimum atomic E-state index is -0.492. The summed E-state index contributed by atoms with van der Waals surface area (Å²) in [6.45, 7) is 6.99. The van der Waals surface area contributed by atoms with E-state index in [0.29, 0.717) is 24.8 Å². The Balaban J connectivity index is 1.72. The van der Waals surface area contributed by atoms with Crippen LogP contribution in [0.5, 0.6) is 0 Å². The lowest BCUT2D eigenvalue weighted by atomic mass is 9.94. The van der Waals surface area contributed by atoms with Gasteiger partial charge in [0.15, 0.2) is 5.82 Å². The van der Waals surface area contributed by atoms with Crippen LogP contribution in [0.3, 0.4) is 0 Å². The molecule has 0 unspecified atom stereocenters. The number of fused-ring (bicyclic) bond motifs is 1. The first kappa shape index (κ1) is 17.2. The normalized spacial score (nSPS) is 17.3. The fourth-order valence-electron chi connectivity index (χ4n) is 2.83. The summed E-state index contributed by atoms with van der Waals surface area (Å²) in [5, 5.41) is 6.10. The number of hydrogen-bond acceptors (Lipinski definition) is 6. The Morgan fingerprint density at radius 3 is 2.67 bits per heavy atom. The van der Waals surface area contributed by atoms with Crippen molar-refractivity contribution < 1.29 is 9.63 Å². The first-order valence-corrected chi connectivity index (χ1v) is 8.81. The highest BCUT2D eigenvalue weighted by molar-refractivity contribution is 9.10. The van der Waals surface area contributed by atoms with Crippen molar-refractivity contribution in [2.24, 2.45) is 5.41 Å². The van der Waals surface area contributed by atoms with E-state index in [0.717, 1.165) is 28.5 Å². The summed E-state index contributed by atoms with van der Waals surface area (Å²) < 4.78 is 2.76. The zero-order valence-electron chi connectivity index (χ0n) is 14.1. The van der Waals surface area contributed by atoms with Crippen LogP contribution in [0.15, 0.2) is 16.9 Å². The van der Waals surface area contributed by atoms with E-state index in [2.05, 4.69) is 32.1 Å². The van der Waals surface area contributed by atoms with Crippen molar-refractivity contribution in [3.8, 4) is 0 Å². The molecule has 2 N–H and O–H groups in total. The van der Waals surface area contributed by atoms with Crippen molar-refractivity contribution >= 4 is 33.2 Å². The molecule has 1 aliphatic rings. The van der Waals surface area contributed by atoms with Crippen LogP contribution in [0.2, 0.25) is 0 Å². The summed E-state index contributed by atoms with van der Waals surface area (Å²) in [5.41, 5.74) is 7.36. The predicted molar refractivity (Wildman–Crippen MR) is 94.2 cm³/mol. The molecule has 3 heterocycles. The molecule has 8 heteroatoms. The van der Waals surface area contributed by atoms with E-state index in [1.165, 1.54) is 6.33 Å². The fraction of sp³-hybridized carbons (Fsp3) is 0.562. The SMILES string of the molecule is CC(C)(C)C(=O)ON1CCC(c2cc(Br)c3c(N)ncnn23)CC1. The average Bonchev–Trinajstić information content (AvgIpc) is 2.85. The number of nitrogens with zero attached hydrogens (tertiary/aromatic N) is 4. The standard InChI is InChI=1S/C16H22BrN5O2/c1-16(2,3)15(23)24-21-6-4-10(5-7-21)12-8-11(17)13-14(18)19-9-20-22(12)13/h8-10H,4-7H2,1-3H3,(H2,18,19,20). The maximum absolute atomic E-state index is 12.0. The van der Waals surface area contributed by atoms with Crippen LogP contribution in [-0.2, 0) is 9.63 Å². The Kier molecular flexibility index (Phi) is 4.52. The Bertz CT molecular complexity index is 760. The number of rotatable bonds is 2. The number of carbonyl (C=O) groups excluding carboxylic acids is 1. The molecule has 0 aliphatic carbocycles. The van der Waals surface area contributed by atoms with Gasteiger partial charge in [0, 0.05) is 29.2 Å². The summed E-state index contributed by atoms with van der Waals surface area (Å²) in [5.74, 6) is 0.597. The molecule has 0 amide bonds. The quantitative estimate of drug-likeness (QED) is 0.840. The highest BCUT2D eigenvalue weighted by atomic mass is 79.9. The number of anilines is 1. The van der Waals surface area contributed by atoms with E-state index >= 15 is 0 Å². The number of aromatic nitrogens is 3. The number of halogens is 1. The number of hydrogen-bond donors (Lipinski definition) is 1. The van der Waals surface area contributed by atoms with Crippen LogP contribution in [0.4, 0.5) is 5.82 Å². The number of carbonyl (C=O) groups is 1. The second-order valence-electron chi connectivity index (χ2n) is 7.15. The van der Waals surface area contributed by atoms with Gasteiger partial charge in [0.05, 0.1) is 5.41 Å². The van der Waals surface area contributed by atoms with Crippen molar-refractivity contribution in [1.82, 2.24) is 19.7 Å². The molecule has 1 aliphatic heterocycles.